The fraction of sp³-hybridized carbons (Fsp3) is 0.810. The Morgan fingerprint density at radius 1 is 1.23 bits per heavy atom. The molecule has 0 radical (unpaired) electrons. The van der Waals surface area contributed by atoms with Crippen molar-refractivity contribution in [3.63, 3.8) is 0 Å². The number of guanidine groups is 1. The molecule has 2 heterocycles. The lowest BCUT2D eigenvalue weighted by Crippen LogP contribution is -2.47. The molecule has 1 aromatic rings. The summed E-state index contributed by atoms with van der Waals surface area (Å²) in [6.07, 6.45) is 3.86. The van der Waals surface area contributed by atoms with E-state index in [1.54, 1.807) is 0 Å². The van der Waals surface area contributed by atoms with Crippen molar-refractivity contribution in [2.45, 2.75) is 71.4 Å². The first-order valence-electron chi connectivity index (χ1n) is 11.1. The number of nitrogens with one attached hydrogen (secondary N) is 2. The Balaban J connectivity index is 0.00000341. The summed E-state index contributed by atoms with van der Waals surface area (Å²) in [5.74, 6) is 4.67. The smallest absolute Gasteiger partial charge is 0.232 e. The molecule has 3 rings (SSSR count). The number of hydrogen-bond acceptors (Lipinski definition) is 6. The lowest BCUT2D eigenvalue weighted by atomic mass is 9.85. The van der Waals surface area contributed by atoms with Crippen LogP contribution in [0.2, 0.25) is 0 Å². The molecule has 0 spiro atoms. The van der Waals surface area contributed by atoms with E-state index in [4.69, 9.17) is 4.52 Å². The van der Waals surface area contributed by atoms with Crippen molar-refractivity contribution < 1.29 is 9.32 Å². The highest BCUT2D eigenvalue weighted by molar-refractivity contribution is 14.0. The maximum atomic E-state index is 12.8. The second kappa shape index (κ2) is 12.3. The summed E-state index contributed by atoms with van der Waals surface area (Å²) in [6, 6.07) is 0.333. The molecule has 1 saturated heterocycles. The lowest BCUT2D eigenvalue weighted by Gasteiger charge is -2.34. The van der Waals surface area contributed by atoms with Crippen LogP contribution in [0.4, 0.5) is 0 Å². The molecule has 10 heteroatoms. The van der Waals surface area contributed by atoms with Gasteiger partial charge in [0, 0.05) is 48.5 Å². The van der Waals surface area contributed by atoms with Crippen LogP contribution in [0.25, 0.3) is 0 Å². The fourth-order valence-corrected chi connectivity index (χ4v) is 4.72. The number of aromatic nitrogens is 2. The SMILES string of the molecule is CCNC(=NCc1noc(C(C)(C)C)n1)NC1CCC(C(=O)N2CCSCC2)CC1.I. The maximum Gasteiger partial charge on any atom is 0.232 e. The third-order valence-electron chi connectivity index (χ3n) is 5.57. The second-order valence-corrected chi connectivity index (χ2v) is 10.3. The normalized spacial score (nSPS) is 22.6. The van der Waals surface area contributed by atoms with Crippen LogP contribution in [-0.2, 0) is 16.8 Å². The second-order valence-electron chi connectivity index (χ2n) is 9.09. The highest BCUT2D eigenvalue weighted by atomic mass is 127. The first-order chi connectivity index (χ1) is 14.4. The molecular formula is C21H37IN6O2S. The zero-order chi connectivity index (χ0) is 21.6. The Hall–Kier alpha value is -1.04. The Labute approximate surface area is 207 Å². The summed E-state index contributed by atoms with van der Waals surface area (Å²) in [5.41, 5.74) is -0.166. The van der Waals surface area contributed by atoms with E-state index < -0.39 is 0 Å². The van der Waals surface area contributed by atoms with E-state index in [2.05, 4.69) is 37.6 Å². The minimum Gasteiger partial charge on any atom is -0.357 e. The summed E-state index contributed by atoms with van der Waals surface area (Å²) in [6.45, 7) is 11.2. The van der Waals surface area contributed by atoms with E-state index >= 15 is 0 Å². The molecule has 1 amide bonds. The van der Waals surface area contributed by atoms with Gasteiger partial charge in [0.15, 0.2) is 11.8 Å². The Morgan fingerprint density at radius 3 is 2.48 bits per heavy atom. The van der Waals surface area contributed by atoms with Crippen molar-refractivity contribution in [1.29, 1.82) is 0 Å². The van der Waals surface area contributed by atoms with Crippen molar-refractivity contribution >= 4 is 47.6 Å². The van der Waals surface area contributed by atoms with Crippen LogP contribution in [0.5, 0.6) is 0 Å². The number of nitrogens with zero attached hydrogens (tertiary/aromatic N) is 4. The van der Waals surface area contributed by atoms with Gasteiger partial charge in [0.25, 0.3) is 0 Å². The topological polar surface area (TPSA) is 95.6 Å². The highest BCUT2D eigenvalue weighted by Gasteiger charge is 2.30. The van der Waals surface area contributed by atoms with Gasteiger partial charge in [-0.1, -0.05) is 25.9 Å². The van der Waals surface area contributed by atoms with Gasteiger partial charge in [-0.15, -0.1) is 24.0 Å². The number of carbonyl (C=O) groups is 1. The number of rotatable bonds is 5. The molecule has 1 aliphatic heterocycles. The van der Waals surface area contributed by atoms with E-state index in [0.29, 0.717) is 30.2 Å². The van der Waals surface area contributed by atoms with Crippen molar-refractivity contribution in [2.75, 3.05) is 31.1 Å². The highest BCUT2D eigenvalue weighted by Crippen LogP contribution is 2.27. The number of hydrogen-bond donors (Lipinski definition) is 2. The van der Waals surface area contributed by atoms with Gasteiger partial charge in [0.2, 0.25) is 11.8 Å². The zero-order valence-corrected chi connectivity index (χ0v) is 22.3. The molecule has 0 atom stereocenters. The Kier molecular flexibility index (Phi) is 10.4. The van der Waals surface area contributed by atoms with Crippen LogP contribution < -0.4 is 10.6 Å². The number of aliphatic imine (C=N–C) groups is 1. The van der Waals surface area contributed by atoms with Gasteiger partial charge < -0.3 is 20.1 Å². The molecule has 176 valence electrons. The monoisotopic (exact) mass is 564 g/mol. The summed E-state index contributed by atoms with van der Waals surface area (Å²) in [5, 5.41) is 10.9. The predicted molar refractivity (Wildman–Crippen MR) is 136 cm³/mol. The fourth-order valence-electron chi connectivity index (χ4n) is 3.81. The molecule has 0 unspecified atom stereocenters. The summed E-state index contributed by atoms with van der Waals surface area (Å²) < 4.78 is 5.35. The molecule has 1 aliphatic carbocycles. The molecule has 1 saturated carbocycles. The van der Waals surface area contributed by atoms with Crippen molar-refractivity contribution in [2.24, 2.45) is 10.9 Å². The Morgan fingerprint density at radius 2 is 1.90 bits per heavy atom. The number of halogens is 1. The molecule has 31 heavy (non-hydrogen) atoms. The summed E-state index contributed by atoms with van der Waals surface area (Å²) in [7, 11) is 0. The zero-order valence-electron chi connectivity index (χ0n) is 19.1. The maximum absolute atomic E-state index is 12.8. The van der Waals surface area contributed by atoms with Crippen molar-refractivity contribution in [3.8, 4) is 0 Å². The predicted octanol–water partition coefficient (Wildman–Crippen LogP) is 3.17. The van der Waals surface area contributed by atoms with Gasteiger partial charge >= 0.3 is 0 Å². The van der Waals surface area contributed by atoms with E-state index in [1.807, 2.05) is 32.5 Å². The molecule has 2 fully saturated rings. The van der Waals surface area contributed by atoms with Gasteiger partial charge in [0.05, 0.1) is 0 Å². The quantitative estimate of drug-likeness (QED) is 0.322. The molecule has 1 aromatic heterocycles. The van der Waals surface area contributed by atoms with Gasteiger partial charge in [0.1, 0.15) is 6.54 Å². The third kappa shape index (κ3) is 7.80. The van der Waals surface area contributed by atoms with Crippen LogP contribution in [0.15, 0.2) is 9.52 Å². The van der Waals surface area contributed by atoms with Crippen LogP contribution in [-0.4, -0.2) is 64.1 Å². The van der Waals surface area contributed by atoms with Crippen LogP contribution in [0, 0.1) is 5.92 Å². The molecule has 2 N–H and O–H groups in total. The number of carbonyl (C=O) groups excluding carboxylic acids is 1. The van der Waals surface area contributed by atoms with E-state index in [0.717, 1.165) is 62.8 Å². The van der Waals surface area contributed by atoms with Crippen LogP contribution in [0.3, 0.4) is 0 Å². The van der Waals surface area contributed by atoms with Crippen molar-refractivity contribution in [1.82, 2.24) is 25.7 Å². The lowest BCUT2D eigenvalue weighted by molar-refractivity contribution is -0.136. The molecular weight excluding hydrogens is 527 g/mol. The van der Waals surface area contributed by atoms with Gasteiger partial charge in [-0.2, -0.15) is 16.7 Å². The minimum atomic E-state index is -0.166. The summed E-state index contributed by atoms with van der Waals surface area (Å²) in [4.78, 5) is 23.9. The molecule has 0 bridgehead atoms. The number of thioether (sulfide) groups is 1. The molecule has 0 aromatic carbocycles. The average Bonchev–Trinajstić information content (AvgIpc) is 3.23. The van der Waals surface area contributed by atoms with E-state index in [1.165, 1.54) is 0 Å². The van der Waals surface area contributed by atoms with Gasteiger partial charge in [-0.05, 0) is 32.6 Å². The minimum absolute atomic E-state index is 0. The van der Waals surface area contributed by atoms with Crippen LogP contribution in [0.1, 0.15) is 65.1 Å². The van der Waals surface area contributed by atoms with Crippen LogP contribution >= 0.6 is 35.7 Å². The van der Waals surface area contributed by atoms with E-state index in [-0.39, 0.29) is 35.3 Å². The third-order valence-corrected chi connectivity index (χ3v) is 6.52. The standard InChI is InChI=1S/C21H36N6O2S.HI/c1-5-22-20(23-14-17-25-19(29-26-17)21(2,3)4)24-16-8-6-15(7-9-16)18(28)27-10-12-30-13-11-27;/h15-16H,5-14H2,1-4H3,(H2,22,23,24);1H. The van der Waals surface area contributed by atoms with Gasteiger partial charge in [-0.25, -0.2) is 4.99 Å². The first-order valence-corrected chi connectivity index (χ1v) is 12.3. The molecule has 8 nitrogen and oxygen atoms in total. The average molecular weight is 565 g/mol. The van der Waals surface area contributed by atoms with Gasteiger partial charge in [-0.3, -0.25) is 4.79 Å². The summed E-state index contributed by atoms with van der Waals surface area (Å²) >= 11 is 1.94. The molecule has 2 aliphatic rings. The first kappa shape index (κ1) is 26.2. The van der Waals surface area contributed by atoms with E-state index in [9.17, 15) is 4.79 Å². The Bertz CT molecular complexity index is 722. The van der Waals surface area contributed by atoms with Crippen molar-refractivity contribution in [3.05, 3.63) is 11.7 Å². The number of amides is 1. The largest absolute Gasteiger partial charge is 0.357 e.